The number of amides is 1. The average molecular weight is 334 g/mol. The lowest BCUT2D eigenvalue weighted by Gasteiger charge is -2.03. The Kier molecular flexibility index (Phi) is 4.89. The largest absolute Gasteiger partial charge is 0.490 e. The number of rotatable bonds is 6. The Morgan fingerprint density at radius 3 is 2.88 bits per heavy atom. The van der Waals surface area contributed by atoms with E-state index in [1.54, 1.807) is 29.8 Å². The molecule has 25 heavy (non-hydrogen) atoms. The number of carbonyl (C=O) groups excluding carboxylic acids is 1. The highest BCUT2D eigenvalue weighted by atomic mass is 16.5. The lowest BCUT2D eigenvalue weighted by atomic mass is 10.2. The first kappa shape index (κ1) is 16.4. The molecule has 0 radical (unpaired) electrons. The number of benzene rings is 1. The zero-order valence-electron chi connectivity index (χ0n) is 13.8. The molecule has 2 heterocycles. The average Bonchev–Trinajstić information content (AvgIpc) is 2.96. The molecule has 126 valence electrons. The Morgan fingerprint density at radius 1 is 1.32 bits per heavy atom. The molecule has 1 amide bonds. The third-order valence-electron chi connectivity index (χ3n) is 3.55. The van der Waals surface area contributed by atoms with Crippen LogP contribution in [0, 0.1) is 6.92 Å². The molecule has 0 saturated heterocycles. The zero-order valence-corrected chi connectivity index (χ0v) is 13.8. The Labute approximate surface area is 145 Å². The molecule has 2 aromatic heterocycles. The maximum atomic E-state index is 12.4. The summed E-state index contributed by atoms with van der Waals surface area (Å²) < 4.78 is 7.16. The number of hydrogen-bond donors (Lipinski definition) is 1. The van der Waals surface area contributed by atoms with E-state index < -0.39 is 0 Å². The normalized spacial score (nSPS) is 10.9. The highest BCUT2D eigenvalue weighted by Crippen LogP contribution is 2.12. The Morgan fingerprint density at radius 2 is 2.12 bits per heavy atom. The fourth-order valence-corrected chi connectivity index (χ4v) is 2.41. The third kappa shape index (κ3) is 3.74. The lowest BCUT2D eigenvalue weighted by molar-refractivity contribution is 0.0948. The van der Waals surface area contributed by atoms with Crippen molar-refractivity contribution in [3.63, 3.8) is 0 Å². The number of carbonyl (C=O) groups is 1. The summed E-state index contributed by atoms with van der Waals surface area (Å²) in [6.07, 6.45) is 5.07. The predicted molar refractivity (Wildman–Crippen MR) is 97.1 cm³/mol. The van der Waals surface area contributed by atoms with Crippen LogP contribution < -0.4 is 10.2 Å². The van der Waals surface area contributed by atoms with Crippen molar-refractivity contribution < 1.29 is 9.53 Å². The number of hydrazone groups is 1. The summed E-state index contributed by atoms with van der Waals surface area (Å²) in [7, 11) is 0. The minimum absolute atomic E-state index is 0.307. The van der Waals surface area contributed by atoms with Crippen LogP contribution in [0.4, 0.5) is 0 Å². The SMILES string of the molecule is C=CCOc1ccc(/C=N/NC(=O)c2c(C)nc3ccccn23)cc1. The van der Waals surface area contributed by atoms with Crippen LogP contribution in [0.1, 0.15) is 21.7 Å². The van der Waals surface area contributed by atoms with Crippen molar-refractivity contribution in [3.8, 4) is 5.75 Å². The van der Waals surface area contributed by atoms with E-state index in [2.05, 4.69) is 22.1 Å². The predicted octanol–water partition coefficient (Wildman–Crippen LogP) is 2.97. The highest BCUT2D eigenvalue weighted by molar-refractivity contribution is 5.95. The smallest absolute Gasteiger partial charge is 0.290 e. The van der Waals surface area contributed by atoms with Crippen molar-refractivity contribution >= 4 is 17.8 Å². The second-order valence-electron chi connectivity index (χ2n) is 5.34. The minimum atomic E-state index is -0.307. The van der Waals surface area contributed by atoms with Gasteiger partial charge in [-0.3, -0.25) is 9.20 Å². The van der Waals surface area contributed by atoms with E-state index in [0.717, 1.165) is 17.0 Å². The van der Waals surface area contributed by atoms with Crippen molar-refractivity contribution in [2.45, 2.75) is 6.92 Å². The van der Waals surface area contributed by atoms with Crippen LogP contribution in [-0.2, 0) is 0 Å². The van der Waals surface area contributed by atoms with Gasteiger partial charge in [-0.05, 0) is 48.9 Å². The summed E-state index contributed by atoms with van der Waals surface area (Å²) in [5, 5.41) is 4.01. The van der Waals surface area contributed by atoms with Crippen molar-refractivity contribution in [2.75, 3.05) is 6.61 Å². The van der Waals surface area contributed by atoms with Crippen LogP contribution in [0.5, 0.6) is 5.75 Å². The number of fused-ring (bicyclic) bond motifs is 1. The molecule has 0 atom stereocenters. The molecule has 0 bridgehead atoms. The van der Waals surface area contributed by atoms with Crippen LogP contribution in [0.3, 0.4) is 0 Å². The first-order chi connectivity index (χ1) is 12.2. The van der Waals surface area contributed by atoms with Crippen LogP contribution in [0.15, 0.2) is 66.4 Å². The van der Waals surface area contributed by atoms with Crippen LogP contribution >= 0.6 is 0 Å². The first-order valence-corrected chi connectivity index (χ1v) is 7.80. The molecule has 1 N–H and O–H groups in total. The third-order valence-corrected chi connectivity index (χ3v) is 3.55. The number of aryl methyl sites for hydroxylation is 1. The van der Waals surface area contributed by atoms with E-state index >= 15 is 0 Å². The van der Waals surface area contributed by atoms with Gasteiger partial charge in [0, 0.05) is 6.20 Å². The molecule has 0 saturated carbocycles. The van der Waals surface area contributed by atoms with Gasteiger partial charge in [0.25, 0.3) is 5.91 Å². The van der Waals surface area contributed by atoms with E-state index in [0.29, 0.717) is 18.0 Å². The van der Waals surface area contributed by atoms with Crippen molar-refractivity contribution in [1.29, 1.82) is 0 Å². The zero-order chi connectivity index (χ0) is 17.6. The van der Waals surface area contributed by atoms with E-state index in [1.165, 1.54) is 0 Å². The Balaban J connectivity index is 1.68. The van der Waals surface area contributed by atoms with Crippen molar-refractivity contribution in [3.05, 3.63) is 78.3 Å². The van der Waals surface area contributed by atoms with Crippen LogP contribution in [-0.4, -0.2) is 28.1 Å². The highest BCUT2D eigenvalue weighted by Gasteiger charge is 2.15. The van der Waals surface area contributed by atoms with Gasteiger partial charge >= 0.3 is 0 Å². The fraction of sp³-hybridized carbons (Fsp3) is 0.105. The molecule has 6 nitrogen and oxygen atoms in total. The molecule has 0 aliphatic rings. The number of imidazole rings is 1. The van der Waals surface area contributed by atoms with Gasteiger partial charge in [-0.25, -0.2) is 10.4 Å². The molecule has 0 fully saturated rings. The summed E-state index contributed by atoms with van der Waals surface area (Å²) in [6.45, 7) is 5.86. The quantitative estimate of drug-likeness (QED) is 0.428. The van der Waals surface area contributed by atoms with Gasteiger partial charge in [0.2, 0.25) is 0 Å². The molecule has 0 unspecified atom stereocenters. The first-order valence-electron chi connectivity index (χ1n) is 7.80. The molecule has 0 aliphatic carbocycles. The topological polar surface area (TPSA) is 68.0 Å². The molecule has 6 heteroatoms. The van der Waals surface area contributed by atoms with Crippen molar-refractivity contribution in [2.24, 2.45) is 5.10 Å². The number of nitrogens with zero attached hydrogens (tertiary/aromatic N) is 3. The van der Waals surface area contributed by atoms with Gasteiger partial charge in [0.05, 0.1) is 11.9 Å². The molecule has 3 aromatic rings. The Bertz CT molecular complexity index is 926. The van der Waals surface area contributed by atoms with E-state index in [1.807, 2.05) is 42.5 Å². The summed E-state index contributed by atoms with van der Waals surface area (Å²) in [4.78, 5) is 16.8. The molecule has 0 aliphatic heterocycles. The van der Waals surface area contributed by atoms with Gasteiger partial charge in [0.15, 0.2) is 0 Å². The standard InChI is InChI=1S/C19H18N4O2/c1-3-12-25-16-9-7-15(8-10-16)13-20-22-19(24)18-14(2)21-17-6-4-5-11-23(17)18/h3-11,13H,1,12H2,2H3,(H,22,24)/b20-13+. The molecule has 3 rings (SSSR count). The second-order valence-corrected chi connectivity index (χ2v) is 5.34. The second kappa shape index (κ2) is 7.44. The van der Waals surface area contributed by atoms with Crippen LogP contribution in [0.25, 0.3) is 5.65 Å². The monoisotopic (exact) mass is 334 g/mol. The summed E-state index contributed by atoms with van der Waals surface area (Å²) in [6, 6.07) is 13.0. The summed E-state index contributed by atoms with van der Waals surface area (Å²) in [5.74, 6) is 0.445. The summed E-state index contributed by atoms with van der Waals surface area (Å²) in [5.41, 5.74) is 5.24. The van der Waals surface area contributed by atoms with E-state index in [-0.39, 0.29) is 5.91 Å². The maximum Gasteiger partial charge on any atom is 0.290 e. The molecule has 0 spiro atoms. The van der Waals surface area contributed by atoms with Gasteiger partial charge < -0.3 is 4.74 Å². The van der Waals surface area contributed by atoms with Crippen molar-refractivity contribution in [1.82, 2.24) is 14.8 Å². The number of aromatic nitrogens is 2. The van der Waals surface area contributed by atoms with Crippen LogP contribution in [0.2, 0.25) is 0 Å². The minimum Gasteiger partial charge on any atom is -0.490 e. The molecular weight excluding hydrogens is 316 g/mol. The molecule has 1 aromatic carbocycles. The van der Waals surface area contributed by atoms with E-state index in [9.17, 15) is 4.79 Å². The molecular formula is C19H18N4O2. The number of ether oxygens (including phenoxy) is 1. The Hall–Kier alpha value is -3.41. The van der Waals surface area contributed by atoms with Gasteiger partial charge in [-0.15, -0.1) is 0 Å². The number of nitrogens with one attached hydrogen (secondary N) is 1. The van der Waals surface area contributed by atoms with E-state index in [4.69, 9.17) is 4.74 Å². The number of pyridine rings is 1. The van der Waals surface area contributed by atoms with Gasteiger partial charge in [-0.1, -0.05) is 18.7 Å². The number of hydrogen-bond acceptors (Lipinski definition) is 4. The summed E-state index contributed by atoms with van der Waals surface area (Å²) >= 11 is 0. The van der Waals surface area contributed by atoms with Gasteiger partial charge in [0.1, 0.15) is 23.7 Å². The van der Waals surface area contributed by atoms with Gasteiger partial charge in [-0.2, -0.15) is 5.10 Å². The fourth-order valence-electron chi connectivity index (χ4n) is 2.41. The lowest BCUT2D eigenvalue weighted by Crippen LogP contribution is -2.20. The maximum absolute atomic E-state index is 12.4.